The molecular formula is C22H24ClN7O5S2. The Morgan fingerprint density at radius 2 is 2.03 bits per heavy atom. The van der Waals surface area contributed by atoms with Gasteiger partial charge in [0.15, 0.2) is 5.82 Å². The van der Waals surface area contributed by atoms with Gasteiger partial charge in [-0.2, -0.15) is 9.29 Å². The predicted molar refractivity (Wildman–Crippen MR) is 143 cm³/mol. The molecule has 1 aliphatic heterocycles. The Balaban J connectivity index is 1.60. The van der Waals surface area contributed by atoms with Crippen LogP contribution < -0.4 is 25.6 Å². The number of carbonyl (C=O) groups excluding carboxylic acids is 2. The first-order valence-electron chi connectivity index (χ1n) is 11.0. The molecule has 0 radical (unpaired) electrons. The van der Waals surface area contributed by atoms with Gasteiger partial charge in [0.05, 0.1) is 30.4 Å². The number of hydrogen-bond acceptors (Lipinski definition) is 10. The highest BCUT2D eigenvalue weighted by Gasteiger charge is 2.30. The van der Waals surface area contributed by atoms with Crippen molar-refractivity contribution >= 4 is 73.8 Å². The lowest BCUT2D eigenvalue weighted by Crippen LogP contribution is -2.39. The third-order valence-electron chi connectivity index (χ3n) is 5.39. The fourth-order valence-corrected chi connectivity index (χ4v) is 5.15. The summed E-state index contributed by atoms with van der Waals surface area (Å²) in [5.74, 6) is 0.184. The second-order valence-electron chi connectivity index (χ2n) is 7.91. The van der Waals surface area contributed by atoms with Gasteiger partial charge in [-0.1, -0.05) is 17.7 Å². The van der Waals surface area contributed by atoms with E-state index in [9.17, 15) is 18.0 Å². The number of thiophene rings is 1. The lowest BCUT2D eigenvalue weighted by Gasteiger charge is -2.21. The van der Waals surface area contributed by atoms with Crippen LogP contribution in [0.1, 0.15) is 12.5 Å². The van der Waals surface area contributed by atoms with E-state index in [1.807, 2.05) is 6.92 Å². The summed E-state index contributed by atoms with van der Waals surface area (Å²) in [6.07, 6.45) is 1.90. The third-order valence-corrected chi connectivity index (χ3v) is 7.66. The third kappa shape index (κ3) is 6.10. The molecule has 12 nitrogen and oxygen atoms in total. The number of nitrogens with one attached hydrogen (secondary N) is 3. The lowest BCUT2D eigenvalue weighted by molar-refractivity contribution is -0.118. The average Bonchev–Trinajstić information content (AvgIpc) is 3.21. The smallest absolute Gasteiger partial charge is 0.397 e. The molecule has 1 aliphatic rings. The van der Waals surface area contributed by atoms with E-state index in [4.69, 9.17) is 16.3 Å². The second-order valence-corrected chi connectivity index (χ2v) is 11.2. The number of aromatic nitrogens is 2. The molecule has 0 atom stereocenters. The summed E-state index contributed by atoms with van der Waals surface area (Å²) < 4.78 is 30.7. The van der Waals surface area contributed by atoms with Crippen molar-refractivity contribution in [1.29, 1.82) is 0 Å². The Labute approximate surface area is 222 Å². The summed E-state index contributed by atoms with van der Waals surface area (Å²) >= 11 is 7.51. The predicted octanol–water partition coefficient (Wildman–Crippen LogP) is 3.53. The number of carbonyl (C=O) groups is 2. The molecule has 0 aliphatic carbocycles. The minimum atomic E-state index is -3.56. The van der Waals surface area contributed by atoms with Crippen molar-refractivity contribution in [2.24, 2.45) is 0 Å². The molecule has 0 fully saturated rings. The minimum Gasteiger partial charge on any atom is -0.397 e. The maximum Gasteiger partial charge on any atom is 0.413 e. The monoisotopic (exact) mass is 565 g/mol. The molecule has 0 spiro atoms. The van der Waals surface area contributed by atoms with Gasteiger partial charge in [-0.05, 0) is 36.1 Å². The quantitative estimate of drug-likeness (QED) is 0.391. The minimum absolute atomic E-state index is 0.0866. The van der Waals surface area contributed by atoms with Crippen molar-refractivity contribution in [3.8, 4) is 5.06 Å². The van der Waals surface area contributed by atoms with Crippen molar-refractivity contribution in [1.82, 2.24) is 19.6 Å². The molecule has 1 aromatic carbocycles. The van der Waals surface area contributed by atoms with E-state index < -0.39 is 16.1 Å². The van der Waals surface area contributed by atoms with Crippen LogP contribution in [0, 0.1) is 0 Å². The second kappa shape index (κ2) is 10.9. The van der Waals surface area contributed by atoms with Crippen molar-refractivity contribution in [2.45, 2.75) is 13.5 Å². The molecular weight excluding hydrogens is 542 g/mol. The van der Waals surface area contributed by atoms with E-state index in [1.54, 1.807) is 34.5 Å². The van der Waals surface area contributed by atoms with E-state index in [1.165, 1.54) is 24.6 Å². The number of fused-ring (bicyclic) bond motifs is 1. The number of hydrogen-bond donors (Lipinski definition) is 3. The topological polar surface area (TPSA) is 146 Å². The van der Waals surface area contributed by atoms with Crippen molar-refractivity contribution in [3.05, 3.63) is 46.4 Å². The number of benzene rings is 1. The van der Waals surface area contributed by atoms with Crippen LogP contribution in [0.5, 0.6) is 5.06 Å². The maximum atomic E-state index is 12.8. The van der Waals surface area contributed by atoms with E-state index in [0.717, 1.165) is 10.6 Å². The Hall–Kier alpha value is -3.46. The number of halogens is 1. The number of rotatable bonds is 7. The summed E-state index contributed by atoms with van der Waals surface area (Å²) in [6, 6.07) is 6.99. The molecule has 0 saturated carbocycles. The Morgan fingerprint density at radius 1 is 1.24 bits per heavy atom. The molecule has 0 bridgehead atoms. The first-order valence-corrected chi connectivity index (χ1v) is 14.1. The molecule has 4 rings (SSSR count). The molecule has 3 heterocycles. The van der Waals surface area contributed by atoms with Gasteiger partial charge in [-0.3, -0.25) is 4.79 Å². The Morgan fingerprint density at radius 3 is 2.73 bits per heavy atom. The molecule has 2 amide bonds. The van der Waals surface area contributed by atoms with Gasteiger partial charge >= 0.3 is 6.09 Å². The molecule has 196 valence electrons. The van der Waals surface area contributed by atoms with E-state index in [-0.39, 0.29) is 35.8 Å². The van der Waals surface area contributed by atoms with Gasteiger partial charge < -0.3 is 25.6 Å². The summed E-state index contributed by atoms with van der Waals surface area (Å²) in [6.45, 7) is 2.06. The average molecular weight is 566 g/mol. The molecule has 37 heavy (non-hydrogen) atoms. The zero-order chi connectivity index (χ0) is 26.7. The van der Waals surface area contributed by atoms with E-state index in [2.05, 4.69) is 25.9 Å². The number of sulfonamides is 1. The molecule has 3 aromatic rings. The van der Waals surface area contributed by atoms with Crippen LogP contribution in [0.4, 0.5) is 33.6 Å². The summed E-state index contributed by atoms with van der Waals surface area (Å²) in [5.41, 5.74) is 2.39. The number of anilines is 5. The fraction of sp³-hybridized carbons (Fsp3) is 0.273. The number of nitrogens with zero attached hydrogens (tertiary/aromatic N) is 4. The molecule has 15 heteroatoms. The fourth-order valence-electron chi connectivity index (χ4n) is 3.60. The number of likely N-dealkylation sites (N-methyl/N-ethyl adjacent to an activating group) is 1. The van der Waals surface area contributed by atoms with Crippen LogP contribution in [0.2, 0.25) is 5.02 Å². The molecule has 0 saturated heterocycles. The van der Waals surface area contributed by atoms with Crippen LogP contribution in [0.3, 0.4) is 0 Å². The van der Waals surface area contributed by atoms with Crippen molar-refractivity contribution in [3.63, 3.8) is 0 Å². The standard InChI is InChI=1S/C22H24ClN7O5S2/c1-4-30-17-9-14(6-5-13(17)11-29(12-18(30)31)37(3,33)34)26-21-25-10-15(23)19(28-21)27-16-7-8-36-20(16)35-22(32)24-2/h5-10H,4,11-12H2,1-3H3,(H,24,32)(H2,25,26,27,28). The van der Waals surface area contributed by atoms with Gasteiger partial charge in [0.1, 0.15) is 5.02 Å². The summed E-state index contributed by atoms with van der Waals surface area (Å²) in [5, 5.41) is 10.8. The first kappa shape index (κ1) is 26.6. The van der Waals surface area contributed by atoms with Crippen molar-refractivity contribution < 1.29 is 22.7 Å². The van der Waals surface area contributed by atoms with Gasteiger partial charge in [-0.25, -0.2) is 18.2 Å². The van der Waals surface area contributed by atoms with Crippen LogP contribution in [-0.4, -0.2) is 61.1 Å². The zero-order valence-electron chi connectivity index (χ0n) is 20.1. The van der Waals surface area contributed by atoms with Crippen LogP contribution >= 0.6 is 22.9 Å². The van der Waals surface area contributed by atoms with E-state index >= 15 is 0 Å². The van der Waals surface area contributed by atoms with Gasteiger partial charge in [0.25, 0.3) is 0 Å². The SMILES string of the molecule is CCN1C(=O)CN(S(C)(=O)=O)Cc2ccc(Nc3ncc(Cl)c(Nc4ccsc4OC(=O)NC)n3)cc21. The molecule has 0 unspecified atom stereocenters. The highest BCUT2D eigenvalue weighted by Crippen LogP contribution is 2.36. The number of ether oxygens (including phenoxy) is 1. The van der Waals surface area contributed by atoms with Crippen LogP contribution in [0.15, 0.2) is 35.8 Å². The van der Waals surface area contributed by atoms with Gasteiger partial charge in [0.2, 0.25) is 26.9 Å². The highest BCUT2D eigenvalue weighted by atomic mass is 35.5. The largest absolute Gasteiger partial charge is 0.413 e. The normalized spacial score (nSPS) is 14.1. The zero-order valence-corrected chi connectivity index (χ0v) is 22.5. The molecule has 2 aromatic heterocycles. The van der Waals surface area contributed by atoms with Crippen molar-refractivity contribution in [2.75, 3.05) is 41.9 Å². The summed E-state index contributed by atoms with van der Waals surface area (Å²) in [4.78, 5) is 34.6. The van der Waals surface area contributed by atoms with Gasteiger partial charge in [0, 0.05) is 25.8 Å². The Kier molecular flexibility index (Phi) is 7.82. The van der Waals surface area contributed by atoms with Gasteiger partial charge in [-0.15, -0.1) is 11.3 Å². The lowest BCUT2D eigenvalue weighted by atomic mass is 10.1. The van der Waals surface area contributed by atoms with Crippen LogP contribution in [0.25, 0.3) is 0 Å². The summed E-state index contributed by atoms with van der Waals surface area (Å²) in [7, 11) is -2.10. The highest BCUT2D eigenvalue weighted by molar-refractivity contribution is 7.88. The maximum absolute atomic E-state index is 12.8. The van der Waals surface area contributed by atoms with E-state index in [0.29, 0.717) is 34.2 Å². The van der Waals surface area contributed by atoms with Crippen LogP contribution in [-0.2, 0) is 21.4 Å². The Bertz CT molecular complexity index is 1450. The first-order chi connectivity index (χ1) is 17.6. The number of amides is 2. The molecule has 3 N–H and O–H groups in total.